The van der Waals surface area contributed by atoms with Crippen molar-refractivity contribution in [2.75, 3.05) is 5.32 Å². The van der Waals surface area contributed by atoms with E-state index in [1.165, 1.54) is 5.56 Å². The summed E-state index contributed by atoms with van der Waals surface area (Å²) in [6, 6.07) is 9.35. The van der Waals surface area contributed by atoms with Gasteiger partial charge in [0.05, 0.1) is 0 Å². The molecule has 0 bridgehead atoms. The molecule has 1 amide bonds. The molecular formula is C13H15N3O. The van der Waals surface area contributed by atoms with Crippen LogP contribution in [0.2, 0.25) is 0 Å². The largest absolute Gasteiger partial charge is 0.305 e. The molecule has 2 aromatic rings. The molecule has 0 aliphatic carbocycles. The number of anilines is 1. The van der Waals surface area contributed by atoms with Crippen molar-refractivity contribution in [3.8, 4) is 0 Å². The third kappa shape index (κ3) is 2.72. The smallest absolute Gasteiger partial charge is 0.256 e. The van der Waals surface area contributed by atoms with Gasteiger partial charge >= 0.3 is 0 Å². The van der Waals surface area contributed by atoms with E-state index in [9.17, 15) is 4.79 Å². The Balaban J connectivity index is 2.09. The Bertz CT molecular complexity index is 514. The second kappa shape index (κ2) is 4.82. The van der Waals surface area contributed by atoms with Crippen molar-refractivity contribution < 1.29 is 4.79 Å². The highest BCUT2D eigenvalue weighted by Crippen LogP contribution is 2.08. The van der Waals surface area contributed by atoms with Crippen LogP contribution in [0.1, 0.15) is 22.8 Å². The standard InChI is InChI=1S/C13H15N3O/c1-3-10-4-6-11(7-5-10)13(17)14-12-8-9-16(2)15-12/h4-9H,3H2,1-2H3,(H,14,15,17). The summed E-state index contributed by atoms with van der Waals surface area (Å²) in [6.07, 6.45) is 2.76. The second-order valence-corrected chi connectivity index (χ2v) is 3.88. The van der Waals surface area contributed by atoms with Crippen LogP contribution in [0.5, 0.6) is 0 Å². The fraction of sp³-hybridized carbons (Fsp3) is 0.231. The van der Waals surface area contributed by atoms with Crippen molar-refractivity contribution in [1.29, 1.82) is 0 Å². The van der Waals surface area contributed by atoms with E-state index in [0.717, 1.165) is 6.42 Å². The first kappa shape index (κ1) is 11.4. The van der Waals surface area contributed by atoms with Crippen molar-refractivity contribution in [1.82, 2.24) is 9.78 Å². The zero-order valence-corrected chi connectivity index (χ0v) is 9.97. The average Bonchev–Trinajstić information content (AvgIpc) is 2.75. The number of nitrogens with one attached hydrogen (secondary N) is 1. The molecule has 17 heavy (non-hydrogen) atoms. The Hall–Kier alpha value is -2.10. The lowest BCUT2D eigenvalue weighted by Crippen LogP contribution is -2.12. The van der Waals surface area contributed by atoms with Gasteiger partial charge in [0.2, 0.25) is 0 Å². The van der Waals surface area contributed by atoms with Crippen molar-refractivity contribution in [3.63, 3.8) is 0 Å². The van der Waals surface area contributed by atoms with Gasteiger partial charge in [0, 0.05) is 24.9 Å². The number of aryl methyl sites for hydroxylation is 2. The lowest BCUT2D eigenvalue weighted by atomic mass is 10.1. The molecule has 0 spiro atoms. The van der Waals surface area contributed by atoms with Crippen molar-refractivity contribution in [3.05, 3.63) is 47.7 Å². The van der Waals surface area contributed by atoms with Gasteiger partial charge in [-0.05, 0) is 24.1 Å². The van der Waals surface area contributed by atoms with Crippen molar-refractivity contribution in [2.24, 2.45) is 7.05 Å². The molecule has 0 aliphatic rings. The minimum atomic E-state index is -0.133. The van der Waals surface area contributed by atoms with E-state index in [2.05, 4.69) is 17.3 Å². The predicted molar refractivity (Wildman–Crippen MR) is 67.0 cm³/mol. The summed E-state index contributed by atoms with van der Waals surface area (Å²) in [4.78, 5) is 11.9. The van der Waals surface area contributed by atoms with E-state index in [0.29, 0.717) is 11.4 Å². The summed E-state index contributed by atoms with van der Waals surface area (Å²) in [6.45, 7) is 2.09. The molecular weight excluding hydrogens is 214 g/mol. The first-order chi connectivity index (χ1) is 8.19. The quantitative estimate of drug-likeness (QED) is 0.877. The highest BCUT2D eigenvalue weighted by molar-refractivity contribution is 6.03. The van der Waals surface area contributed by atoms with E-state index in [-0.39, 0.29) is 5.91 Å². The topological polar surface area (TPSA) is 46.9 Å². The van der Waals surface area contributed by atoms with Crippen LogP contribution in [-0.2, 0) is 13.5 Å². The van der Waals surface area contributed by atoms with Gasteiger partial charge in [-0.25, -0.2) is 0 Å². The van der Waals surface area contributed by atoms with E-state index in [1.54, 1.807) is 16.9 Å². The summed E-state index contributed by atoms with van der Waals surface area (Å²) < 4.78 is 1.65. The molecule has 0 fully saturated rings. The lowest BCUT2D eigenvalue weighted by molar-refractivity contribution is 0.102. The Morgan fingerprint density at radius 3 is 2.53 bits per heavy atom. The van der Waals surface area contributed by atoms with Gasteiger partial charge in [-0.1, -0.05) is 19.1 Å². The van der Waals surface area contributed by atoms with Gasteiger partial charge in [-0.3, -0.25) is 9.48 Å². The Morgan fingerprint density at radius 1 is 1.29 bits per heavy atom. The van der Waals surface area contributed by atoms with Gasteiger partial charge in [0.15, 0.2) is 5.82 Å². The zero-order chi connectivity index (χ0) is 12.3. The molecule has 1 heterocycles. The van der Waals surface area contributed by atoms with E-state index in [1.807, 2.05) is 31.3 Å². The van der Waals surface area contributed by atoms with E-state index < -0.39 is 0 Å². The number of hydrogen-bond acceptors (Lipinski definition) is 2. The number of carbonyl (C=O) groups excluding carboxylic acids is 1. The third-order valence-corrected chi connectivity index (χ3v) is 2.58. The maximum absolute atomic E-state index is 11.9. The number of benzene rings is 1. The molecule has 0 aliphatic heterocycles. The molecule has 88 valence electrons. The van der Waals surface area contributed by atoms with Gasteiger partial charge in [0.1, 0.15) is 0 Å². The number of hydrogen-bond donors (Lipinski definition) is 1. The van der Waals surface area contributed by atoms with Crippen LogP contribution in [-0.4, -0.2) is 15.7 Å². The lowest BCUT2D eigenvalue weighted by Gasteiger charge is -2.03. The van der Waals surface area contributed by atoms with Gasteiger partial charge < -0.3 is 5.32 Å². The molecule has 1 aromatic carbocycles. The number of carbonyl (C=O) groups is 1. The summed E-state index contributed by atoms with van der Waals surface area (Å²) in [5, 5.41) is 6.84. The van der Waals surface area contributed by atoms with Crippen LogP contribution in [0, 0.1) is 0 Å². The number of amides is 1. The molecule has 1 N–H and O–H groups in total. The van der Waals surface area contributed by atoms with Crippen LogP contribution >= 0.6 is 0 Å². The summed E-state index contributed by atoms with van der Waals surface area (Å²) in [7, 11) is 1.81. The fourth-order valence-electron chi connectivity index (χ4n) is 1.56. The minimum Gasteiger partial charge on any atom is -0.305 e. The number of rotatable bonds is 3. The Morgan fingerprint density at radius 2 is 2.00 bits per heavy atom. The van der Waals surface area contributed by atoms with Crippen molar-refractivity contribution in [2.45, 2.75) is 13.3 Å². The van der Waals surface area contributed by atoms with E-state index >= 15 is 0 Å². The zero-order valence-electron chi connectivity index (χ0n) is 9.97. The van der Waals surface area contributed by atoms with Crippen LogP contribution in [0.3, 0.4) is 0 Å². The summed E-state index contributed by atoms with van der Waals surface area (Å²) in [5.74, 6) is 0.434. The molecule has 0 unspecified atom stereocenters. The first-order valence-corrected chi connectivity index (χ1v) is 5.59. The second-order valence-electron chi connectivity index (χ2n) is 3.88. The minimum absolute atomic E-state index is 0.133. The highest BCUT2D eigenvalue weighted by Gasteiger charge is 2.06. The SMILES string of the molecule is CCc1ccc(C(=O)Nc2ccn(C)n2)cc1. The maximum atomic E-state index is 11.9. The monoisotopic (exact) mass is 229 g/mol. The fourth-order valence-corrected chi connectivity index (χ4v) is 1.56. The van der Waals surface area contributed by atoms with Crippen molar-refractivity contribution >= 4 is 11.7 Å². The average molecular weight is 229 g/mol. The van der Waals surface area contributed by atoms with Crippen LogP contribution in [0.25, 0.3) is 0 Å². The van der Waals surface area contributed by atoms with Gasteiger partial charge in [0.25, 0.3) is 5.91 Å². The van der Waals surface area contributed by atoms with Gasteiger partial charge in [-0.15, -0.1) is 0 Å². The molecule has 0 radical (unpaired) electrons. The molecule has 0 atom stereocenters. The Kier molecular flexibility index (Phi) is 3.23. The molecule has 2 rings (SSSR count). The maximum Gasteiger partial charge on any atom is 0.256 e. The molecule has 0 saturated heterocycles. The third-order valence-electron chi connectivity index (χ3n) is 2.58. The van der Waals surface area contributed by atoms with Crippen LogP contribution < -0.4 is 5.32 Å². The predicted octanol–water partition coefficient (Wildman–Crippen LogP) is 2.23. The first-order valence-electron chi connectivity index (χ1n) is 5.59. The Labute approximate surface area is 100 Å². The number of aromatic nitrogens is 2. The molecule has 1 aromatic heterocycles. The van der Waals surface area contributed by atoms with Gasteiger partial charge in [-0.2, -0.15) is 5.10 Å². The van der Waals surface area contributed by atoms with Crippen LogP contribution in [0.4, 0.5) is 5.82 Å². The normalized spacial score (nSPS) is 10.2. The summed E-state index contributed by atoms with van der Waals surface area (Å²) in [5.41, 5.74) is 1.87. The summed E-state index contributed by atoms with van der Waals surface area (Å²) >= 11 is 0. The number of nitrogens with zero attached hydrogens (tertiary/aromatic N) is 2. The van der Waals surface area contributed by atoms with Crippen LogP contribution in [0.15, 0.2) is 36.5 Å². The molecule has 4 heteroatoms. The molecule has 4 nitrogen and oxygen atoms in total. The highest BCUT2D eigenvalue weighted by atomic mass is 16.1. The molecule has 0 saturated carbocycles. The van der Waals surface area contributed by atoms with E-state index in [4.69, 9.17) is 0 Å².